The Morgan fingerprint density at radius 3 is 1.77 bits per heavy atom. The first-order valence-electron chi connectivity index (χ1n) is 11.7. The van der Waals surface area contributed by atoms with Crippen LogP contribution in [0.2, 0.25) is 0 Å². The van der Waals surface area contributed by atoms with E-state index in [9.17, 15) is 0 Å². The predicted molar refractivity (Wildman–Crippen MR) is 126 cm³/mol. The monoisotopic (exact) mass is 401 g/mol. The third kappa shape index (κ3) is 6.76. The van der Waals surface area contributed by atoms with Crippen molar-refractivity contribution in [2.24, 2.45) is 0 Å². The van der Waals surface area contributed by atoms with Gasteiger partial charge in [-0.05, 0) is 42.9 Å². The van der Waals surface area contributed by atoms with Gasteiger partial charge < -0.3 is 0 Å². The molecule has 0 spiro atoms. The van der Waals surface area contributed by atoms with Crippen molar-refractivity contribution in [3.63, 3.8) is 0 Å². The van der Waals surface area contributed by atoms with Crippen molar-refractivity contribution in [3.05, 3.63) is 66.1 Å². The van der Waals surface area contributed by atoms with Gasteiger partial charge in [-0.2, -0.15) is 0 Å². The van der Waals surface area contributed by atoms with Crippen LogP contribution in [0, 0.1) is 0 Å². The first kappa shape index (κ1) is 22.1. The maximum atomic E-state index is 4.68. The molecular formula is C27H35N3. The number of pyridine rings is 1. The molecule has 30 heavy (non-hydrogen) atoms. The van der Waals surface area contributed by atoms with E-state index in [0.29, 0.717) is 0 Å². The number of hydrogen-bond acceptors (Lipinski definition) is 3. The SMILES string of the molecule is CCCCCCCc1ccc(-c2ccc(-c3ncc(CCCCC)cn3)cc2)nc1. The van der Waals surface area contributed by atoms with Crippen molar-refractivity contribution in [1.29, 1.82) is 0 Å². The van der Waals surface area contributed by atoms with E-state index in [0.717, 1.165) is 35.5 Å². The molecule has 0 atom stereocenters. The van der Waals surface area contributed by atoms with E-state index in [1.54, 1.807) is 0 Å². The normalized spacial score (nSPS) is 11.0. The van der Waals surface area contributed by atoms with Crippen LogP contribution in [0.15, 0.2) is 55.0 Å². The Balaban J connectivity index is 1.56. The van der Waals surface area contributed by atoms with Crippen molar-refractivity contribution in [2.75, 3.05) is 0 Å². The highest BCUT2D eigenvalue weighted by Gasteiger charge is 2.05. The molecule has 3 rings (SSSR count). The number of hydrogen-bond donors (Lipinski definition) is 0. The molecule has 1 aromatic carbocycles. The highest BCUT2D eigenvalue weighted by molar-refractivity contribution is 5.65. The lowest BCUT2D eigenvalue weighted by Crippen LogP contribution is -1.93. The molecule has 0 radical (unpaired) electrons. The second kappa shape index (κ2) is 12.2. The van der Waals surface area contributed by atoms with Gasteiger partial charge in [0.2, 0.25) is 0 Å². The molecule has 0 amide bonds. The predicted octanol–water partition coefficient (Wildman–Crippen LogP) is 7.45. The fourth-order valence-electron chi connectivity index (χ4n) is 3.68. The van der Waals surface area contributed by atoms with E-state index in [-0.39, 0.29) is 0 Å². The average Bonchev–Trinajstić information content (AvgIpc) is 2.80. The minimum absolute atomic E-state index is 0.784. The Kier molecular flexibility index (Phi) is 9.02. The number of benzene rings is 1. The molecule has 0 saturated heterocycles. The van der Waals surface area contributed by atoms with E-state index in [1.165, 1.54) is 62.5 Å². The summed E-state index contributed by atoms with van der Waals surface area (Å²) in [5, 5.41) is 0. The summed E-state index contributed by atoms with van der Waals surface area (Å²) in [5.74, 6) is 0.784. The zero-order chi connectivity index (χ0) is 21.0. The number of aryl methyl sites for hydroxylation is 2. The lowest BCUT2D eigenvalue weighted by Gasteiger charge is -2.06. The molecule has 2 aromatic heterocycles. The van der Waals surface area contributed by atoms with Crippen LogP contribution in [0.1, 0.15) is 76.3 Å². The maximum Gasteiger partial charge on any atom is 0.159 e. The van der Waals surface area contributed by atoms with Crippen molar-refractivity contribution in [2.45, 2.75) is 78.1 Å². The van der Waals surface area contributed by atoms with Gasteiger partial charge >= 0.3 is 0 Å². The first-order valence-corrected chi connectivity index (χ1v) is 11.7. The summed E-state index contributed by atoms with van der Waals surface area (Å²) >= 11 is 0. The molecule has 0 saturated carbocycles. The summed E-state index contributed by atoms with van der Waals surface area (Å²) in [5.41, 5.74) is 5.74. The molecule has 158 valence electrons. The first-order chi connectivity index (χ1) is 14.8. The Morgan fingerprint density at radius 2 is 1.10 bits per heavy atom. The van der Waals surface area contributed by atoms with E-state index >= 15 is 0 Å². The highest BCUT2D eigenvalue weighted by atomic mass is 14.9. The molecule has 0 aliphatic carbocycles. The molecule has 3 heteroatoms. The van der Waals surface area contributed by atoms with E-state index in [4.69, 9.17) is 0 Å². The van der Waals surface area contributed by atoms with E-state index < -0.39 is 0 Å². The van der Waals surface area contributed by atoms with Gasteiger partial charge in [-0.3, -0.25) is 4.98 Å². The van der Waals surface area contributed by atoms with Crippen LogP contribution in [0.3, 0.4) is 0 Å². The smallest absolute Gasteiger partial charge is 0.159 e. The summed E-state index contributed by atoms with van der Waals surface area (Å²) in [4.78, 5) is 13.8. The van der Waals surface area contributed by atoms with Crippen LogP contribution in [-0.2, 0) is 12.8 Å². The van der Waals surface area contributed by atoms with Crippen molar-refractivity contribution in [3.8, 4) is 22.6 Å². The van der Waals surface area contributed by atoms with Gasteiger partial charge in [0.1, 0.15) is 0 Å². The average molecular weight is 402 g/mol. The number of rotatable bonds is 12. The third-order valence-corrected chi connectivity index (χ3v) is 5.61. The quantitative estimate of drug-likeness (QED) is 0.296. The molecule has 0 bridgehead atoms. The molecule has 0 fully saturated rings. The zero-order valence-electron chi connectivity index (χ0n) is 18.6. The summed E-state index contributed by atoms with van der Waals surface area (Å²) in [6.45, 7) is 4.48. The molecule has 3 aromatic rings. The van der Waals surface area contributed by atoms with Gasteiger partial charge in [0.15, 0.2) is 5.82 Å². The molecule has 3 nitrogen and oxygen atoms in total. The van der Waals surface area contributed by atoms with Crippen LogP contribution in [0.4, 0.5) is 0 Å². The van der Waals surface area contributed by atoms with Gasteiger partial charge in [0.25, 0.3) is 0 Å². The second-order valence-electron chi connectivity index (χ2n) is 8.17. The minimum atomic E-state index is 0.784. The molecule has 0 aliphatic heterocycles. The lowest BCUT2D eigenvalue weighted by molar-refractivity contribution is 0.632. The van der Waals surface area contributed by atoms with Crippen LogP contribution < -0.4 is 0 Å². The summed E-state index contributed by atoms with van der Waals surface area (Å²) in [6, 6.07) is 12.8. The van der Waals surface area contributed by atoms with Gasteiger partial charge in [0, 0.05) is 29.7 Å². The Morgan fingerprint density at radius 1 is 0.533 bits per heavy atom. The fourth-order valence-corrected chi connectivity index (χ4v) is 3.68. The van der Waals surface area contributed by atoms with Crippen LogP contribution in [0.5, 0.6) is 0 Å². The lowest BCUT2D eigenvalue weighted by atomic mass is 10.0. The number of aromatic nitrogens is 3. The largest absolute Gasteiger partial charge is 0.256 e. The number of unbranched alkanes of at least 4 members (excludes halogenated alkanes) is 6. The Labute approximate surface area is 182 Å². The molecule has 0 N–H and O–H groups in total. The van der Waals surface area contributed by atoms with Crippen LogP contribution in [-0.4, -0.2) is 15.0 Å². The van der Waals surface area contributed by atoms with E-state index in [1.807, 2.05) is 18.6 Å². The van der Waals surface area contributed by atoms with Gasteiger partial charge in [-0.15, -0.1) is 0 Å². The van der Waals surface area contributed by atoms with Gasteiger partial charge in [-0.25, -0.2) is 9.97 Å². The minimum Gasteiger partial charge on any atom is -0.256 e. The summed E-state index contributed by atoms with van der Waals surface area (Å²) in [7, 11) is 0. The molecular weight excluding hydrogens is 366 g/mol. The number of nitrogens with zero attached hydrogens (tertiary/aromatic N) is 3. The Hall–Kier alpha value is -2.55. The van der Waals surface area contributed by atoms with Gasteiger partial charge in [0.05, 0.1) is 5.69 Å². The molecule has 0 unspecified atom stereocenters. The van der Waals surface area contributed by atoms with Crippen molar-refractivity contribution >= 4 is 0 Å². The summed E-state index contributed by atoms with van der Waals surface area (Å²) < 4.78 is 0. The van der Waals surface area contributed by atoms with Gasteiger partial charge in [-0.1, -0.05) is 82.7 Å². The highest BCUT2D eigenvalue weighted by Crippen LogP contribution is 2.22. The zero-order valence-corrected chi connectivity index (χ0v) is 18.6. The summed E-state index contributed by atoms with van der Waals surface area (Å²) in [6.07, 6.45) is 18.4. The Bertz CT molecular complexity index is 852. The third-order valence-electron chi connectivity index (χ3n) is 5.61. The van der Waals surface area contributed by atoms with Crippen molar-refractivity contribution < 1.29 is 0 Å². The van der Waals surface area contributed by atoms with Crippen LogP contribution >= 0.6 is 0 Å². The van der Waals surface area contributed by atoms with Crippen molar-refractivity contribution in [1.82, 2.24) is 15.0 Å². The van der Waals surface area contributed by atoms with Crippen LogP contribution in [0.25, 0.3) is 22.6 Å². The fraction of sp³-hybridized carbons (Fsp3) is 0.444. The standard InChI is InChI=1S/C27H35N3/c1-3-5-7-8-10-11-22-13-18-26(28-19-22)24-14-16-25(17-15-24)27-29-20-23(21-30-27)12-9-6-4-2/h13-21H,3-12H2,1-2H3. The topological polar surface area (TPSA) is 38.7 Å². The molecule has 0 aliphatic rings. The maximum absolute atomic E-state index is 4.68. The molecule has 2 heterocycles. The second-order valence-corrected chi connectivity index (χ2v) is 8.17. The van der Waals surface area contributed by atoms with E-state index in [2.05, 4.69) is 65.2 Å².